The van der Waals surface area contributed by atoms with E-state index >= 15 is 0 Å². The van der Waals surface area contributed by atoms with Gasteiger partial charge < -0.3 is 15.9 Å². The Labute approximate surface area is 233 Å². The number of nitrogens with two attached hydrogens (primary N) is 1. The molecule has 4 nitrogen and oxygen atoms in total. The van der Waals surface area contributed by atoms with E-state index in [0.29, 0.717) is 29.2 Å². The zero-order chi connectivity index (χ0) is 28.1. The Hall–Kier alpha value is -0.930. The van der Waals surface area contributed by atoms with E-state index in [9.17, 15) is 15.0 Å². The first-order valence-corrected chi connectivity index (χ1v) is 16.1. The lowest BCUT2D eigenvalue weighted by molar-refractivity contribution is -0.0587. The second-order valence-electron chi connectivity index (χ2n) is 14.3. The summed E-state index contributed by atoms with van der Waals surface area (Å²) in [6.45, 7) is 14.7. The zero-order valence-electron chi connectivity index (χ0n) is 25.5. The molecule has 0 aromatic carbocycles. The van der Waals surface area contributed by atoms with Crippen molar-refractivity contribution < 1.29 is 15.0 Å². The minimum Gasteiger partial charge on any atom is -0.393 e. The highest BCUT2D eigenvalue weighted by Gasteiger charge is 2.64. The van der Waals surface area contributed by atoms with Crippen LogP contribution in [-0.4, -0.2) is 34.9 Å². The highest BCUT2D eigenvalue weighted by Crippen LogP contribution is 2.68. The quantitative estimate of drug-likeness (QED) is 0.167. The summed E-state index contributed by atoms with van der Waals surface area (Å²) in [5.74, 6) is 4.68. The number of rotatable bonds is 9. The van der Waals surface area contributed by atoms with Crippen molar-refractivity contribution in [1.82, 2.24) is 0 Å². The topological polar surface area (TPSA) is 83.5 Å². The van der Waals surface area contributed by atoms with Gasteiger partial charge in [-0.05, 0) is 91.9 Å². The summed E-state index contributed by atoms with van der Waals surface area (Å²) in [6, 6.07) is 0. The maximum Gasteiger partial charge on any atom is 0.126 e. The molecule has 0 spiro atoms. The summed E-state index contributed by atoms with van der Waals surface area (Å²) in [5.41, 5.74) is 7.52. The minimum absolute atomic E-state index is 0.0134. The number of carbonyl (C=O) groups excluding carboxylic acids is 1. The Morgan fingerprint density at radius 2 is 1.79 bits per heavy atom. The largest absolute Gasteiger partial charge is 0.393 e. The van der Waals surface area contributed by atoms with E-state index < -0.39 is 6.10 Å². The summed E-state index contributed by atoms with van der Waals surface area (Å²) in [4.78, 5) is 12.2. The van der Waals surface area contributed by atoms with Gasteiger partial charge in [-0.25, -0.2) is 4.79 Å². The highest BCUT2D eigenvalue weighted by atomic mass is 16.3. The van der Waals surface area contributed by atoms with Crippen LogP contribution in [0.4, 0.5) is 0 Å². The van der Waals surface area contributed by atoms with Gasteiger partial charge >= 0.3 is 0 Å². The molecule has 0 saturated heterocycles. The summed E-state index contributed by atoms with van der Waals surface area (Å²) < 4.78 is 0. The number of unbranched alkanes of at least 4 members (excludes halogenated alkanes) is 3. The van der Waals surface area contributed by atoms with Crippen LogP contribution < -0.4 is 5.73 Å². The van der Waals surface area contributed by atoms with Gasteiger partial charge in [-0.2, -0.15) is 0 Å². The van der Waals surface area contributed by atoms with Crippen LogP contribution >= 0.6 is 0 Å². The van der Waals surface area contributed by atoms with Gasteiger partial charge in [-0.15, -0.1) is 0 Å². The van der Waals surface area contributed by atoms with Crippen molar-refractivity contribution in [1.29, 1.82) is 0 Å². The molecule has 4 aliphatic carbocycles. The van der Waals surface area contributed by atoms with Gasteiger partial charge in [0, 0.05) is 11.5 Å². The van der Waals surface area contributed by atoms with E-state index in [2.05, 4.69) is 53.6 Å². The van der Waals surface area contributed by atoms with Gasteiger partial charge in [0.15, 0.2) is 0 Å². The molecule has 0 heterocycles. The zero-order valence-corrected chi connectivity index (χ0v) is 25.5. The van der Waals surface area contributed by atoms with Crippen molar-refractivity contribution in [2.45, 2.75) is 137 Å². The number of hydrogen-bond donors (Lipinski definition) is 3. The summed E-state index contributed by atoms with van der Waals surface area (Å²) in [5, 5.41) is 21.6. The molecular formula is C34H59NO3. The van der Waals surface area contributed by atoms with E-state index in [0.717, 1.165) is 45.1 Å². The number of fused-ring (bicyclic) bond motifs is 5. The van der Waals surface area contributed by atoms with E-state index in [1.807, 2.05) is 0 Å². The SMILES string of the molecule is CC(C)CCC[C@@H](C)[C@H]1C(O)C(=C=O)[C@H]2[C@@H]3CC=C4C[C@@H](O)CC[C@]4(C)[C@H]3CC[C@]12C.CCCCCCN. The fourth-order valence-corrected chi connectivity index (χ4v) is 9.26. The monoisotopic (exact) mass is 529 g/mol. The molecule has 1 unspecified atom stereocenters. The lowest BCUT2D eigenvalue weighted by atomic mass is 9.46. The third-order valence-electron chi connectivity index (χ3n) is 11.3. The average Bonchev–Trinajstić information content (AvgIpc) is 3.10. The van der Waals surface area contributed by atoms with Crippen LogP contribution in [0.3, 0.4) is 0 Å². The number of allylic oxidation sites excluding steroid dienone is 1. The third-order valence-corrected chi connectivity index (χ3v) is 11.3. The second-order valence-corrected chi connectivity index (χ2v) is 14.3. The van der Waals surface area contributed by atoms with Gasteiger partial charge in [-0.1, -0.05) is 91.7 Å². The molecule has 3 fully saturated rings. The van der Waals surface area contributed by atoms with Gasteiger partial charge in [0.2, 0.25) is 0 Å². The Kier molecular flexibility index (Phi) is 11.3. The van der Waals surface area contributed by atoms with Gasteiger partial charge in [-0.3, -0.25) is 0 Å². The van der Waals surface area contributed by atoms with Crippen LogP contribution in [0.5, 0.6) is 0 Å². The van der Waals surface area contributed by atoms with Gasteiger partial charge in [0.1, 0.15) is 5.94 Å². The van der Waals surface area contributed by atoms with Gasteiger partial charge in [0.05, 0.1) is 12.2 Å². The molecule has 0 radical (unpaired) electrons. The molecule has 38 heavy (non-hydrogen) atoms. The smallest absolute Gasteiger partial charge is 0.126 e. The number of hydrogen-bond acceptors (Lipinski definition) is 4. The van der Waals surface area contributed by atoms with Crippen molar-refractivity contribution >= 4 is 5.94 Å². The molecule has 3 saturated carbocycles. The Bertz CT molecular complexity index is 841. The van der Waals surface area contributed by atoms with E-state index in [1.165, 1.54) is 50.5 Å². The Morgan fingerprint density at radius 3 is 2.42 bits per heavy atom. The predicted octanol–water partition coefficient (Wildman–Crippen LogP) is 7.25. The average molecular weight is 530 g/mol. The molecule has 0 bridgehead atoms. The number of aliphatic hydroxyl groups is 2. The fraction of sp³-hybridized carbons (Fsp3) is 0.882. The molecule has 0 aliphatic heterocycles. The molecule has 0 amide bonds. The molecule has 4 heteroatoms. The second kappa shape index (κ2) is 13.6. The minimum atomic E-state index is -0.633. The molecule has 4 N–H and O–H groups in total. The van der Waals surface area contributed by atoms with Crippen LogP contribution in [0.2, 0.25) is 0 Å². The molecule has 4 aliphatic rings. The first-order chi connectivity index (χ1) is 18.0. The first-order valence-electron chi connectivity index (χ1n) is 16.1. The summed E-state index contributed by atoms with van der Waals surface area (Å²) in [7, 11) is 0. The summed E-state index contributed by atoms with van der Waals surface area (Å²) in [6.07, 6.45) is 16.3. The summed E-state index contributed by atoms with van der Waals surface area (Å²) >= 11 is 0. The van der Waals surface area contributed by atoms with Crippen LogP contribution in [-0.2, 0) is 4.79 Å². The molecule has 0 aromatic rings. The Balaban J connectivity index is 0.000000505. The normalized spacial score (nSPS) is 38.8. The third kappa shape index (κ3) is 6.35. The van der Waals surface area contributed by atoms with E-state index in [1.54, 1.807) is 0 Å². The van der Waals surface area contributed by atoms with Crippen molar-refractivity contribution in [3.63, 3.8) is 0 Å². The van der Waals surface area contributed by atoms with Crippen molar-refractivity contribution in [3.8, 4) is 0 Å². The molecule has 218 valence electrons. The van der Waals surface area contributed by atoms with Crippen LogP contribution in [0.15, 0.2) is 17.2 Å². The lowest BCUT2D eigenvalue weighted by Gasteiger charge is -2.58. The molecular weight excluding hydrogens is 470 g/mol. The van der Waals surface area contributed by atoms with Crippen molar-refractivity contribution in [2.24, 2.45) is 52.1 Å². The van der Waals surface area contributed by atoms with Crippen LogP contribution in [0, 0.1) is 46.3 Å². The lowest BCUT2D eigenvalue weighted by Crippen LogP contribution is -2.51. The van der Waals surface area contributed by atoms with Crippen LogP contribution in [0.25, 0.3) is 0 Å². The standard InChI is InChI=1S/C28H44O3.C6H15N/c1-17(2)7-6-8-18(3)24-26(31)22(16-29)25-21-10-9-19-15-20(30)11-13-27(19,4)23(21)12-14-28(24,25)5;1-2-3-4-5-6-7/h9,17-18,20-21,23-26,30-31H,6-8,10-15H2,1-5H3;2-7H2,1H3/t18-,20+,21-,23+,24+,25-,26?,27+,28-;/m1./s1. The maximum atomic E-state index is 12.2. The predicted molar refractivity (Wildman–Crippen MR) is 158 cm³/mol. The number of aliphatic hydroxyl groups excluding tert-OH is 2. The van der Waals surface area contributed by atoms with Crippen molar-refractivity contribution in [3.05, 3.63) is 17.2 Å². The van der Waals surface area contributed by atoms with E-state index in [-0.39, 0.29) is 28.8 Å². The maximum absolute atomic E-state index is 12.2. The van der Waals surface area contributed by atoms with E-state index in [4.69, 9.17) is 5.73 Å². The van der Waals surface area contributed by atoms with Crippen LogP contribution in [0.1, 0.15) is 125 Å². The fourth-order valence-electron chi connectivity index (χ4n) is 9.26. The highest BCUT2D eigenvalue weighted by molar-refractivity contribution is 5.58. The molecule has 9 atom stereocenters. The van der Waals surface area contributed by atoms with Crippen molar-refractivity contribution in [2.75, 3.05) is 6.54 Å². The first kappa shape index (κ1) is 31.6. The Morgan fingerprint density at radius 1 is 1.05 bits per heavy atom. The molecule has 4 rings (SSSR count). The van der Waals surface area contributed by atoms with Gasteiger partial charge in [0.25, 0.3) is 0 Å². The molecule has 0 aromatic heterocycles.